The summed E-state index contributed by atoms with van der Waals surface area (Å²) < 4.78 is 14.2. The zero-order valence-electron chi connectivity index (χ0n) is 17.8. The van der Waals surface area contributed by atoms with Crippen LogP contribution < -0.4 is 15.0 Å². The number of ether oxygens (including phenoxy) is 2. The van der Waals surface area contributed by atoms with E-state index in [1.54, 1.807) is 41.1 Å². The van der Waals surface area contributed by atoms with Crippen LogP contribution in [-0.4, -0.2) is 44.5 Å². The van der Waals surface area contributed by atoms with E-state index in [4.69, 9.17) is 21.7 Å². The van der Waals surface area contributed by atoms with Crippen molar-refractivity contribution in [3.8, 4) is 17.2 Å². The summed E-state index contributed by atoms with van der Waals surface area (Å²) in [6.45, 7) is 1.77. The molecule has 32 heavy (non-hydrogen) atoms. The average Bonchev–Trinajstić information content (AvgIpc) is 3.18. The third-order valence-electron chi connectivity index (χ3n) is 5.16. The van der Waals surface area contributed by atoms with E-state index in [9.17, 15) is 9.59 Å². The molecule has 0 atom stereocenters. The molecular weight excluding hydrogens is 430 g/mol. The van der Waals surface area contributed by atoms with Crippen LogP contribution in [0.2, 0.25) is 0 Å². The predicted molar refractivity (Wildman–Crippen MR) is 122 cm³/mol. The van der Waals surface area contributed by atoms with Gasteiger partial charge in [-0.15, -0.1) is 0 Å². The molecule has 0 saturated heterocycles. The summed E-state index contributed by atoms with van der Waals surface area (Å²) in [4.78, 5) is 24.9. The lowest BCUT2D eigenvalue weighted by molar-refractivity contribution is 0.101. The van der Waals surface area contributed by atoms with E-state index in [1.807, 2.05) is 6.07 Å². The van der Waals surface area contributed by atoms with Gasteiger partial charge in [-0.1, -0.05) is 12.1 Å². The van der Waals surface area contributed by atoms with E-state index in [0.29, 0.717) is 44.9 Å². The van der Waals surface area contributed by atoms with E-state index in [2.05, 4.69) is 15.3 Å². The molecule has 0 saturated carbocycles. The van der Waals surface area contributed by atoms with Gasteiger partial charge in [-0.25, -0.2) is 4.68 Å². The van der Waals surface area contributed by atoms with E-state index in [-0.39, 0.29) is 17.9 Å². The zero-order valence-corrected chi connectivity index (χ0v) is 18.6. The second kappa shape index (κ2) is 8.75. The molecule has 0 radical (unpaired) electrons. The number of rotatable bonds is 7. The Hall–Kier alpha value is -3.79. The Morgan fingerprint density at radius 3 is 2.72 bits per heavy atom. The number of nitrogens with zero attached hydrogens (tertiary/aromatic N) is 4. The Bertz CT molecular complexity index is 1440. The molecule has 0 amide bonds. The Kier molecular flexibility index (Phi) is 5.87. The summed E-state index contributed by atoms with van der Waals surface area (Å²) in [6, 6.07) is 10.6. The van der Waals surface area contributed by atoms with Crippen LogP contribution in [0.25, 0.3) is 16.5 Å². The summed E-state index contributed by atoms with van der Waals surface area (Å²) >= 11 is 5.39. The highest BCUT2D eigenvalue weighted by Crippen LogP contribution is 2.32. The van der Waals surface area contributed by atoms with Crippen LogP contribution in [0.3, 0.4) is 0 Å². The molecule has 0 aliphatic rings. The van der Waals surface area contributed by atoms with Gasteiger partial charge in [-0.3, -0.25) is 19.3 Å². The third-order valence-corrected chi connectivity index (χ3v) is 5.44. The van der Waals surface area contributed by atoms with Crippen LogP contribution in [0, 0.1) is 4.77 Å². The summed E-state index contributed by atoms with van der Waals surface area (Å²) in [5, 5.41) is 12.4. The lowest BCUT2D eigenvalue weighted by Gasteiger charge is -2.12. The van der Waals surface area contributed by atoms with Crippen molar-refractivity contribution < 1.29 is 14.3 Å². The molecule has 0 unspecified atom stereocenters. The summed E-state index contributed by atoms with van der Waals surface area (Å²) in [5.74, 6) is 1.41. The molecule has 9 nitrogen and oxygen atoms in total. The molecular formula is C22H21N5O4S. The number of Topliss-reactive ketones (excluding diaryl/α,β-unsaturated/α-hetero) is 1. The third kappa shape index (κ3) is 3.80. The van der Waals surface area contributed by atoms with Crippen molar-refractivity contribution in [3.05, 3.63) is 69.1 Å². The maximum atomic E-state index is 13.1. The first-order chi connectivity index (χ1) is 15.4. The molecule has 0 aliphatic heterocycles. The lowest BCUT2D eigenvalue weighted by Crippen LogP contribution is -2.24. The number of fused-ring (bicyclic) bond motifs is 1. The van der Waals surface area contributed by atoms with Crippen molar-refractivity contribution >= 4 is 28.8 Å². The Labute approximate surface area is 188 Å². The largest absolute Gasteiger partial charge is 0.493 e. The number of aromatic amines is 1. The maximum Gasteiger partial charge on any atom is 0.278 e. The van der Waals surface area contributed by atoms with Crippen molar-refractivity contribution in [2.45, 2.75) is 19.9 Å². The fraction of sp³-hybridized carbons (Fsp3) is 0.227. The fourth-order valence-electron chi connectivity index (χ4n) is 3.58. The van der Waals surface area contributed by atoms with E-state index in [0.717, 1.165) is 5.69 Å². The maximum absolute atomic E-state index is 13.1. The standard InChI is InChI=1S/C22H21N5O4S/c1-13(28)14-5-4-6-16(11-14)27-18(24-25-22(27)32)9-10-26-21(29)19-15(12-23-26)7-8-17(30-2)20(19)31-3/h4-8,11-12H,9-10H2,1-3H3,(H,25,32). The van der Waals surface area contributed by atoms with Gasteiger partial charge in [0.25, 0.3) is 5.56 Å². The molecule has 4 rings (SSSR count). The second-order valence-electron chi connectivity index (χ2n) is 7.08. The van der Waals surface area contributed by atoms with E-state index in [1.165, 1.54) is 25.8 Å². The first-order valence-corrected chi connectivity index (χ1v) is 10.2. The molecule has 2 aromatic carbocycles. The van der Waals surface area contributed by atoms with Crippen molar-refractivity contribution in [3.63, 3.8) is 0 Å². The zero-order chi connectivity index (χ0) is 22.8. The Morgan fingerprint density at radius 2 is 2.00 bits per heavy atom. The first-order valence-electron chi connectivity index (χ1n) is 9.83. The van der Waals surface area contributed by atoms with E-state index < -0.39 is 0 Å². The Morgan fingerprint density at radius 1 is 1.19 bits per heavy atom. The van der Waals surface area contributed by atoms with Gasteiger partial charge in [0.2, 0.25) is 0 Å². The average molecular weight is 452 g/mol. The minimum atomic E-state index is -0.294. The number of aryl methyl sites for hydroxylation is 2. The second-order valence-corrected chi connectivity index (χ2v) is 7.46. The van der Waals surface area contributed by atoms with Crippen LogP contribution in [-0.2, 0) is 13.0 Å². The van der Waals surface area contributed by atoms with Crippen LogP contribution in [0.5, 0.6) is 11.5 Å². The van der Waals surface area contributed by atoms with Gasteiger partial charge in [0.05, 0.1) is 38.0 Å². The number of methoxy groups -OCH3 is 2. The van der Waals surface area contributed by atoms with Gasteiger partial charge in [0.1, 0.15) is 5.82 Å². The number of carbonyl (C=O) groups excluding carboxylic acids is 1. The number of hydrogen-bond acceptors (Lipinski definition) is 7. The normalized spacial score (nSPS) is 11.0. The predicted octanol–water partition coefficient (Wildman–Crippen LogP) is 3.10. The quantitative estimate of drug-likeness (QED) is 0.340. The number of ketones is 1. The first kappa shape index (κ1) is 21.4. The molecule has 4 aromatic rings. The number of benzene rings is 2. The molecule has 164 valence electrons. The SMILES string of the molecule is COc1ccc2cnn(CCc3n[nH]c(=S)n3-c3cccc(C(C)=O)c3)c(=O)c2c1OC. The highest BCUT2D eigenvalue weighted by Gasteiger charge is 2.16. The van der Waals surface area contributed by atoms with Gasteiger partial charge in [0, 0.05) is 17.4 Å². The minimum absolute atomic E-state index is 0.0419. The summed E-state index contributed by atoms with van der Waals surface area (Å²) in [7, 11) is 3.02. The Balaban J connectivity index is 1.71. The molecule has 2 aromatic heterocycles. The van der Waals surface area contributed by atoms with Crippen molar-refractivity contribution in [2.75, 3.05) is 14.2 Å². The van der Waals surface area contributed by atoms with Gasteiger partial charge >= 0.3 is 0 Å². The van der Waals surface area contributed by atoms with Gasteiger partial charge in [0.15, 0.2) is 22.1 Å². The fourth-order valence-corrected chi connectivity index (χ4v) is 3.83. The molecule has 0 spiro atoms. The van der Waals surface area contributed by atoms with Gasteiger partial charge in [-0.05, 0) is 43.4 Å². The molecule has 2 heterocycles. The van der Waals surface area contributed by atoms with Crippen LogP contribution in [0.1, 0.15) is 23.1 Å². The highest BCUT2D eigenvalue weighted by molar-refractivity contribution is 7.71. The molecule has 1 N–H and O–H groups in total. The lowest BCUT2D eigenvalue weighted by atomic mass is 10.1. The molecule has 0 aliphatic carbocycles. The number of carbonyl (C=O) groups is 1. The number of aromatic nitrogens is 5. The monoisotopic (exact) mass is 451 g/mol. The van der Waals surface area contributed by atoms with Crippen LogP contribution in [0.4, 0.5) is 0 Å². The van der Waals surface area contributed by atoms with E-state index >= 15 is 0 Å². The van der Waals surface area contributed by atoms with Gasteiger partial charge in [-0.2, -0.15) is 10.2 Å². The number of hydrogen-bond donors (Lipinski definition) is 1. The van der Waals surface area contributed by atoms with Crippen molar-refractivity contribution in [2.24, 2.45) is 0 Å². The number of H-pyrrole nitrogens is 1. The minimum Gasteiger partial charge on any atom is -0.493 e. The topological polar surface area (TPSA) is 104 Å². The molecule has 10 heteroatoms. The number of nitrogens with one attached hydrogen (secondary N) is 1. The molecule has 0 fully saturated rings. The van der Waals surface area contributed by atoms with Crippen LogP contribution >= 0.6 is 12.2 Å². The van der Waals surface area contributed by atoms with Crippen molar-refractivity contribution in [1.82, 2.24) is 24.5 Å². The smallest absolute Gasteiger partial charge is 0.278 e. The molecule has 0 bridgehead atoms. The van der Waals surface area contributed by atoms with Gasteiger partial charge < -0.3 is 9.47 Å². The summed E-state index contributed by atoms with van der Waals surface area (Å²) in [5.41, 5.74) is 0.999. The van der Waals surface area contributed by atoms with Crippen molar-refractivity contribution in [1.29, 1.82) is 0 Å². The van der Waals surface area contributed by atoms with Crippen LogP contribution in [0.15, 0.2) is 47.4 Å². The highest BCUT2D eigenvalue weighted by atomic mass is 32.1. The summed E-state index contributed by atoms with van der Waals surface area (Å²) in [6.07, 6.45) is 1.99.